The Bertz CT molecular complexity index is 1100. The Labute approximate surface area is 192 Å². The summed E-state index contributed by atoms with van der Waals surface area (Å²) in [6.45, 7) is 1.31. The van der Waals surface area contributed by atoms with E-state index in [1.54, 1.807) is 49.4 Å². The van der Waals surface area contributed by atoms with E-state index in [2.05, 4.69) is 5.32 Å². The van der Waals surface area contributed by atoms with Crippen LogP contribution in [-0.4, -0.2) is 60.9 Å². The third-order valence-electron chi connectivity index (χ3n) is 5.37. The van der Waals surface area contributed by atoms with Crippen LogP contribution in [0.5, 0.6) is 0 Å². The first-order chi connectivity index (χ1) is 15.7. The van der Waals surface area contributed by atoms with Gasteiger partial charge in [0.1, 0.15) is 24.6 Å². The number of hydrogen-bond donors (Lipinski definition) is 2. The lowest BCUT2D eigenvalue weighted by molar-refractivity contribution is -0.142. The van der Waals surface area contributed by atoms with Gasteiger partial charge in [0.05, 0.1) is 11.5 Å². The lowest BCUT2D eigenvalue weighted by Crippen LogP contribution is -2.52. The molecule has 0 aromatic heterocycles. The molecule has 0 spiro atoms. The van der Waals surface area contributed by atoms with Gasteiger partial charge in [-0.05, 0) is 23.3 Å². The molecule has 9 nitrogen and oxygen atoms in total. The van der Waals surface area contributed by atoms with Crippen LogP contribution in [0.1, 0.15) is 24.5 Å². The van der Waals surface area contributed by atoms with Crippen LogP contribution in [0.2, 0.25) is 0 Å². The maximum atomic E-state index is 12.9. The number of amides is 1. The Morgan fingerprint density at radius 3 is 2.33 bits per heavy atom. The van der Waals surface area contributed by atoms with Gasteiger partial charge in [0.25, 0.3) is 0 Å². The molecule has 176 valence electrons. The van der Waals surface area contributed by atoms with E-state index in [0.717, 1.165) is 9.87 Å². The summed E-state index contributed by atoms with van der Waals surface area (Å²) in [4.78, 5) is 36.2. The van der Waals surface area contributed by atoms with Gasteiger partial charge in [-0.3, -0.25) is 9.59 Å². The van der Waals surface area contributed by atoms with Crippen molar-refractivity contribution >= 4 is 27.7 Å². The number of nitrogens with one attached hydrogen (secondary N) is 1. The Hall–Kier alpha value is -3.08. The minimum atomic E-state index is -3.99. The number of hydrogen-bond acceptors (Lipinski definition) is 6. The van der Waals surface area contributed by atoms with Gasteiger partial charge in [-0.2, -0.15) is 4.31 Å². The largest absolute Gasteiger partial charge is 0.480 e. The highest BCUT2D eigenvalue weighted by atomic mass is 32.2. The molecule has 0 bridgehead atoms. The van der Waals surface area contributed by atoms with Crippen LogP contribution < -0.4 is 5.32 Å². The Kier molecular flexibility index (Phi) is 7.96. The van der Waals surface area contributed by atoms with Gasteiger partial charge in [-0.25, -0.2) is 13.2 Å². The molecule has 1 fully saturated rings. The highest BCUT2D eigenvalue weighted by molar-refractivity contribution is 7.89. The van der Waals surface area contributed by atoms with E-state index in [1.807, 2.05) is 0 Å². The first kappa shape index (κ1) is 24.6. The van der Waals surface area contributed by atoms with Crippen molar-refractivity contribution < 1.29 is 32.6 Å². The van der Waals surface area contributed by atoms with Gasteiger partial charge in [0.2, 0.25) is 15.9 Å². The first-order valence-corrected chi connectivity index (χ1v) is 11.9. The molecule has 1 saturated heterocycles. The topological polar surface area (TPSA) is 130 Å². The van der Waals surface area contributed by atoms with E-state index in [0.29, 0.717) is 18.4 Å². The van der Waals surface area contributed by atoms with E-state index < -0.39 is 34.0 Å². The maximum absolute atomic E-state index is 12.9. The summed E-state index contributed by atoms with van der Waals surface area (Å²) in [5, 5.41) is 12.1. The molecule has 33 heavy (non-hydrogen) atoms. The predicted octanol–water partition coefficient (Wildman–Crippen LogP) is 1.37. The normalized spacial score (nSPS) is 17.4. The van der Waals surface area contributed by atoms with Crippen LogP contribution in [0.4, 0.5) is 0 Å². The number of carboxylic acid groups (broad SMARTS) is 1. The van der Waals surface area contributed by atoms with E-state index in [4.69, 9.17) is 4.74 Å². The molecular formula is C23H26N2O7S. The van der Waals surface area contributed by atoms with Crippen LogP contribution in [-0.2, 0) is 42.0 Å². The summed E-state index contributed by atoms with van der Waals surface area (Å²) in [5.74, 6) is -1.89. The van der Waals surface area contributed by atoms with Crippen LogP contribution in [0.15, 0.2) is 59.5 Å². The molecule has 10 heteroatoms. The van der Waals surface area contributed by atoms with Crippen molar-refractivity contribution in [1.82, 2.24) is 9.62 Å². The van der Waals surface area contributed by atoms with Crippen LogP contribution >= 0.6 is 0 Å². The van der Waals surface area contributed by atoms with Crippen molar-refractivity contribution in [3.63, 3.8) is 0 Å². The van der Waals surface area contributed by atoms with Gasteiger partial charge in [0, 0.05) is 19.3 Å². The number of carboxylic acids is 1. The molecule has 2 aromatic carbocycles. The molecule has 2 N–H and O–H groups in total. The average molecular weight is 475 g/mol. The van der Waals surface area contributed by atoms with Gasteiger partial charge in [-0.15, -0.1) is 0 Å². The van der Waals surface area contributed by atoms with Gasteiger partial charge < -0.3 is 15.2 Å². The zero-order valence-corrected chi connectivity index (χ0v) is 19.0. The van der Waals surface area contributed by atoms with E-state index in [9.17, 15) is 27.9 Å². The SMILES string of the molecule is CCC(=O)Cc1ccc(CC(NC(=O)C2COCN2S(=O)(=O)c2ccccc2)C(=O)O)cc1. The second kappa shape index (κ2) is 10.7. The van der Waals surface area contributed by atoms with Crippen molar-refractivity contribution in [3.05, 3.63) is 65.7 Å². The fourth-order valence-corrected chi connectivity index (χ4v) is 4.92. The molecule has 2 unspecified atom stereocenters. The number of carbonyl (C=O) groups is 3. The van der Waals surface area contributed by atoms with Crippen molar-refractivity contribution in [3.8, 4) is 0 Å². The van der Waals surface area contributed by atoms with E-state index in [-0.39, 0.29) is 30.4 Å². The Morgan fingerprint density at radius 2 is 1.73 bits per heavy atom. The average Bonchev–Trinajstić information content (AvgIpc) is 3.31. The number of nitrogens with zero attached hydrogens (tertiary/aromatic N) is 1. The quantitative estimate of drug-likeness (QED) is 0.532. The number of Topliss-reactive ketones (excluding diaryl/α,β-unsaturated/α-hetero) is 1. The molecule has 1 aliphatic rings. The summed E-state index contributed by atoms with van der Waals surface area (Å²) < 4.78 is 32.0. The number of rotatable bonds is 10. The van der Waals surface area contributed by atoms with Crippen molar-refractivity contribution in [2.75, 3.05) is 13.3 Å². The van der Waals surface area contributed by atoms with E-state index in [1.165, 1.54) is 12.1 Å². The third kappa shape index (κ3) is 6.04. The van der Waals surface area contributed by atoms with Crippen LogP contribution in [0.25, 0.3) is 0 Å². The number of ketones is 1. The van der Waals surface area contributed by atoms with Crippen LogP contribution in [0, 0.1) is 0 Å². The highest BCUT2D eigenvalue weighted by Crippen LogP contribution is 2.22. The number of benzene rings is 2. The second-order valence-corrected chi connectivity index (χ2v) is 9.60. The highest BCUT2D eigenvalue weighted by Gasteiger charge is 2.41. The summed E-state index contributed by atoms with van der Waals surface area (Å²) in [7, 11) is -3.99. The van der Waals surface area contributed by atoms with Crippen molar-refractivity contribution in [1.29, 1.82) is 0 Å². The molecule has 1 heterocycles. The van der Waals surface area contributed by atoms with Gasteiger partial charge in [-0.1, -0.05) is 49.4 Å². The second-order valence-electron chi connectivity index (χ2n) is 7.71. The number of sulfonamides is 1. The summed E-state index contributed by atoms with van der Waals surface area (Å²) in [6, 6.07) is 12.1. The molecule has 0 saturated carbocycles. The first-order valence-electron chi connectivity index (χ1n) is 10.5. The molecule has 0 radical (unpaired) electrons. The number of aliphatic carboxylic acids is 1. The van der Waals surface area contributed by atoms with Gasteiger partial charge in [0.15, 0.2) is 0 Å². The summed E-state index contributed by atoms with van der Waals surface area (Å²) >= 11 is 0. The molecule has 3 rings (SSSR count). The molecule has 1 amide bonds. The molecule has 2 aromatic rings. The lowest BCUT2D eigenvalue weighted by atomic mass is 10.0. The van der Waals surface area contributed by atoms with Crippen LogP contribution in [0.3, 0.4) is 0 Å². The zero-order chi connectivity index (χ0) is 24.0. The minimum absolute atomic E-state index is 0.00207. The zero-order valence-electron chi connectivity index (χ0n) is 18.1. The molecular weight excluding hydrogens is 448 g/mol. The van der Waals surface area contributed by atoms with Crippen molar-refractivity contribution in [2.45, 2.75) is 43.2 Å². The molecule has 0 aliphatic carbocycles. The summed E-state index contributed by atoms with van der Waals surface area (Å²) in [5.41, 5.74) is 1.48. The molecule has 1 aliphatic heterocycles. The fraction of sp³-hybridized carbons (Fsp3) is 0.348. The van der Waals surface area contributed by atoms with E-state index >= 15 is 0 Å². The third-order valence-corrected chi connectivity index (χ3v) is 7.21. The minimum Gasteiger partial charge on any atom is -0.480 e. The molecule has 2 atom stereocenters. The predicted molar refractivity (Wildman–Crippen MR) is 119 cm³/mol. The monoisotopic (exact) mass is 474 g/mol. The Morgan fingerprint density at radius 1 is 1.09 bits per heavy atom. The lowest BCUT2D eigenvalue weighted by Gasteiger charge is -2.23. The van der Waals surface area contributed by atoms with Gasteiger partial charge >= 0.3 is 5.97 Å². The Balaban J connectivity index is 1.70. The maximum Gasteiger partial charge on any atom is 0.326 e. The fourth-order valence-electron chi connectivity index (χ4n) is 3.45. The van der Waals surface area contributed by atoms with Crippen molar-refractivity contribution in [2.24, 2.45) is 0 Å². The smallest absolute Gasteiger partial charge is 0.326 e. The number of carbonyl (C=O) groups excluding carboxylic acids is 2. The summed E-state index contributed by atoms with van der Waals surface area (Å²) in [6.07, 6.45) is 0.752. The number of ether oxygens (including phenoxy) is 1. The standard InChI is InChI=1S/C23H26N2O7S/c1-2-18(26)12-16-8-10-17(11-9-16)13-20(23(28)29)24-22(27)21-14-32-15-25(21)33(30,31)19-6-4-3-5-7-19/h3-11,20-21H,2,12-15H2,1H3,(H,24,27)(H,28,29).